The molecule has 1 aliphatic heterocycles. The van der Waals surface area contributed by atoms with Crippen LogP contribution in [0.4, 0.5) is 0 Å². The molecule has 1 aromatic heterocycles. The maximum atomic E-state index is 12.4. The number of benzene rings is 2. The van der Waals surface area contributed by atoms with E-state index in [4.69, 9.17) is 9.47 Å². The molecule has 0 saturated heterocycles. The maximum absolute atomic E-state index is 12.4. The standard InChI is InChI=1S/C16H12N2O3S/c1-9-2-4-11-12(6-9)18-16(17-11)22-15(19)10-3-5-13-14(7-10)21-8-20-13/h2-7H,8H2,1H3,(H,17,18). The Labute approximate surface area is 130 Å². The van der Waals surface area contributed by atoms with E-state index in [0.717, 1.165) is 28.4 Å². The Morgan fingerprint density at radius 2 is 2.05 bits per heavy atom. The second-order valence-electron chi connectivity index (χ2n) is 5.02. The van der Waals surface area contributed by atoms with E-state index in [0.29, 0.717) is 22.2 Å². The Kier molecular flexibility index (Phi) is 3.04. The van der Waals surface area contributed by atoms with E-state index in [1.807, 2.05) is 25.1 Å². The highest BCUT2D eigenvalue weighted by Gasteiger charge is 2.18. The average Bonchev–Trinajstić information content (AvgIpc) is 3.11. The number of aromatic nitrogens is 2. The quantitative estimate of drug-likeness (QED) is 0.733. The Morgan fingerprint density at radius 3 is 2.95 bits per heavy atom. The third kappa shape index (κ3) is 2.31. The lowest BCUT2D eigenvalue weighted by Crippen LogP contribution is -1.94. The van der Waals surface area contributed by atoms with Gasteiger partial charge in [-0.15, -0.1) is 0 Å². The van der Waals surface area contributed by atoms with E-state index < -0.39 is 0 Å². The van der Waals surface area contributed by atoms with Crippen molar-refractivity contribution in [1.82, 2.24) is 9.97 Å². The summed E-state index contributed by atoms with van der Waals surface area (Å²) in [6.45, 7) is 2.22. The molecular weight excluding hydrogens is 300 g/mol. The van der Waals surface area contributed by atoms with Gasteiger partial charge in [0, 0.05) is 5.56 Å². The number of hydrogen-bond donors (Lipinski definition) is 1. The van der Waals surface area contributed by atoms with E-state index in [-0.39, 0.29) is 11.9 Å². The van der Waals surface area contributed by atoms with Gasteiger partial charge in [0.2, 0.25) is 11.9 Å². The highest BCUT2D eigenvalue weighted by molar-refractivity contribution is 8.14. The van der Waals surface area contributed by atoms with Gasteiger partial charge in [-0.3, -0.25) is 4.79 Å². The molecule has 3 aromatic rings. The summed E-state index contributed by atoms with van der Waals surface area (Å²) in [6, 6.07) is 11.1. The molecule has 0 aliphatic carbocycles. The van der Waals surface area contributed by atoms with Gasteiger partial charge >= 0.3 is 0 Å². The van der Waals surface area contributed by atoms with Gasteiger partial charge in [-0.05, 0) is 54.6 Å². The van der Waals surface area contributed by atoms with Gasteiger partial charge in [-0.1, -0.05) is 6.07 Å². The number of thioether (sulfide) groups is 1. The fraction of sp³-hybridized carbons (Fsp3) is 0.125. The Hall–Kier alpha value is -2.47. The van der Waals surface area contributed by atoms with Gasteiger partial charge in [-0.2, -0.15) is 0 Å². The van der Waals surface area contributed by atoms with E-state index in [2.05, 4.69) is 9.97 Å². The molecule has 22 heavy (non-hydrogen) atoms. The summed E-state index contributed by atoms with van der Waals surface area (Å²) in [5.74, 6) is 1.27. The number of carbonyl (C=O) groups is 1. The Balaban J connectivity index is 1.60. The van der Waals surface area contributed by atoms with Crippen LogP contribution in [-0.2, 0) is 0 Å². The lowest BCUT2D eigenvalue weighted by Gasteiger charge is -2.00. The van der Waals surface area contributed by atoms with Crippen LogP contribution in [0.1, 0.15) is 15.9 Å². The number of nitrogens with zero attached hydrogens (tertiary/aromatic N) is 1. The Bertz CT molecular complexity index is 888. The molecule has 4 rings (SSSR count). The highest BCUT2D eigenvalue weighted by atomic mass is 32.2. The van der Waals surface area contributed by atoms with Gasteiger partial charge in [-0.25, -0.2) is 4.98 Å². The number of nitrogens with one attached hydrogen (secondary N) is 1. The molecule has 0 amide bonds. The average molecular weight is 312 g/mol. The molecule has 0 spiro atoms. The van der Waals surface area contributed by atoms with Crippen LogP contribution in [0, 0.1) is 6.92 Å². The van der Waals surface area contributed by atoms with Crippen LogP contribution in [0.2, 0.25) is 0 Å². The number of aryl methyl sites for hydroxylation is 1. The van der Waals surface area contributed by atoms with Crippen LogP contribution in [0.3, 0.4) is 0 Å². The van der Waals surface area contributed by atoms with Crippen molar-refractivity contribution < 1.29 is 14.3 Å². The zero-order valence-electron chi connectivity index (χ0n) is 11.8. The topological polar surface area (TPSA) is 64.2 Å². The fourth-order valence-electron chi connectivity index (χ4n) is 2.32. The molecule has 110 valence electrons. The molecule has 5 nitrogen and oxygen atoms in total. The fourth-order valence-corrected chi connectivity index (χ4v) is 3.04. The zero-order valence-corrected chi connectivity index (χ0v) is 12.6. The number of fused-ring (bicyclic) bond motifs is 2. The highest BCUT2D eigenvalue weighted by Crippen LogP contribution is 2.34. The largest absolute Gasteiger partial charge is 0.454 e. The molecule has 6 heteroatoms. The number of ether oxygens (including phenoxy) is 2. The van der Waals surface area contributed by atoms with E-state index in [1.165, 1.54) is 0 Å². The van der Waals surface area contributed by atoms with Crippen molar-refractivity contribution in [2.24, 2.45) is 0 Å². The van der Waals surface area contributed by atoms with Gasteiger partial charge in [0.05, 0.1) is 11.0 Å². The summed E-state index contributed by atoms with van der Waals surface area (Å²) in [7, 11) is 0. The molecule has 1 N–H and O–H groups in total. The molecule has 0 fully saturated rings. The zero-order chi connectivity index (χ0) is 15.1. The summed E-state index contributed by atoms with van der Waals surface area (Å²) >= 11 is 1.07. The lowest BCUT2D eigenvalue weighted by atomic mass is 10.2. The first-order chi connectivity index (χ1) is 10.7. The van der Waals surface area contributed by atoms with E-state index >= 15 is 0 Å². The minimum absolute atomic E-state index is 0.0888. The van der Waals surface area contributed by atoms with Crippen LogP contribution < -0.4 is 9.47 Å². The maximum Gasteiger partial charge on any atom is 0.231 e. The normalized spacial score (nSPS) is 12.8. The first kappa shape index (κ1) is 13.2. The predicted molar refractivity (Wildman–Crippen MR) is 83.6 cm³/mol. The minimum Gasteiger partial charge on any atom is -0.454 e. The first-order valence-corrected chi connectivity index (χ1v) is 7.59. The molecule has 2 aromatic carbocycles. The van der Waals surface area contributed by atoms with Crippen molar-refractivity contribution in [3.8, 4) is 11.5 Å². The number of imidazole rings is 1. The molecule has 0 unspecified atom stereocenters. The van der Waals surface area contributed by atoms with Gasteiger partial charge in [0.25, 0.3) is 0 Å². The monoisotopic (exact) mass is 312 g/mol. The summed E-state index contributed by atoms with van der Waals surface area (Å²) in [5.41, 5.74) is 3.49. The van der Waals surface area contributed by atoms with Crippen LogP contribution in [0.15, 0.2) is 41.6 Å². The third-order valence-corrected chi connectivity index (χ3v) is 4.22. The summed E-state index contributed by atoms with van der Waals surface area (Å²) < 4.78 is 10.5. The summed E-state index contributed by atoms with van der Waals surface area (Å²) in [5, 5.41) is 0.498. The molecular formula is C16H12N2O3S. The van der Waals surface area contributed by atoms with Gasteiger partial charge in [0.15, 0.2) is 16.7 Å². The second-order valence-corrected chi connectivity index (χ2v) is 5.98. The van der Waals surface area contributed by atoms with Gasteiger partial charge in [0.1, 0.15) is 0 Å². The predicted octanol–water partition coefficient (Wildman–Crippen LogP) is 3.53. The number of carbonyl (C=O) groups excluding carboxylic acids is 1. The lowest BCUT2D eigenvalue weighted by molar-refractivity contribution is 0.108. The minimum atomic E-state index is -0.0888. The number of rotatable bonds is 2. The molecule has 0 radical (unpaired) electrons. The first-order valence-electron chi connectivity index (χ1n) is 6.77. The van der Waals surface area contributed by atoms with Crippen molar-refractivity contribution in [2.75, 3.05) is 6.79 Å². The van der Waals surface area contributed by atoms with Crippen molar-refractivity contribution in [1.29, 1.82) is 0 Å². The molecule has 0 atom stereocenters. The molecule has 1 aliphatic rings. The SMILES string of the molecule is Cc1ccc2nc(SC(=O)c3ccc4c(c3)OCO4)[nH]c2c1. The van der Waals surface area contributed by atoms with E-state index in [1.54, 1.807) is 18.2 Å². The smallest absolute Gasteiger partial charge is 0.231 e. The van der Waals surface area contributed by atoms with Crippen LogP contribution in [0.25, 0.3) is 11.0 Å². The van der Waals surface area contributed by atoms with Crippen molar-refractivity contribution >= 4 is 27.9 Å². The second kappa shape index (κ2) is 5.06. The van der Waals surface area contributed by atoms with Crippen molar-refractivity contribution in [3.05, 3.63) is 47.5 Å². The number of aromatic amines is 1. The molecule has 0 saturated carbocycles. The Morgan fingerprint density at radius 1 is 1.18 bits per heavy atom. The summed E-state index contributed by atoms with van der Waals surface area (Å²) in [6.07, 6.45) is 0. The van der Waals surface area contributed by atoms with Crippen molar-refractivity contribution in [2.45, 2.75) is 12.1 Å². The van der Waals surface area contributed by atoms with Crippen molar-refractivity contribution in [3.63, 3.8) is 0 Å². The van der Waals surface area contributed by atoms with E-state index in [9.17, 15) is 4.79 Å². The number of hydrogen-bond acceptors (Lipinski definition) is 5. The van der Waals surface area contributed by atoms with Crippen LogP contribution >= 0.6 is 11.8 Å². The van der Waals surface area contributed by atoms with Crippen LogP contribution in [-0.4, -0.2) is 21.9 Å². The summed E-state index contributed by atoms with van der Waals surface area (Å²) in [4.78, 5) is 20.0. The van der Waals surface area contributed by atoms with Gasteiger partial charge < -0.3 is 14.5 Å². The molecule has 2 heterocycles. The molecule has 0 bridgehead atoms. The van der Waals surface area contributed by atoms with Crippen LogP contribution in [0.5, 0.6) is 11.5 Å². The number of H-pyrrole nitrogens is 1. The third-order valence-electron chi connectivity index (χ3n) is 3.41.